The molecule has 1 heterocycles. The first-order chi connectivity index (χ1) is 5.38. The van der Waals surface area contributed by atoms with E-state index in [0.717, 1.165) is 17.9 Å². The van der Waals surface area contributed by atoms with Crippen LogP contribution < -0.4 is 10.6 Å². The van der Waals surface area contributed by atoms with Crippen molar-refractivity contribution in [2.45, 2.75) is 6.92 Å². The maximum atomic E-state index is 4.00. The number of nitrogens with one attached hydrogen (secondary N) is 2. The lowest BCUT2D eigenvalue weighted by atomic mass is 10.3. The highest BCUT2D eigenvalue weighted by Crippen LogP contribution is 2.17. The zero-order valence-corrected chi connectivity index (χ0v) is 6.89. The van der Waals surface area contributed by atoms with Crippen LogP contribution >= 0.6 is 0 Å². The zero-order chi connectivity index (χ0) is 8.10. The number of rotatable bonds is 3. The molecule has 1 aromatic rings. The van der Waals surface area contributed by atoms with Crippen molar-refractivity contribution in [3.05, 3.63) is 18.5 Å². The molecule has 3 heteroatoms. The molecule has 0 fully saturated rings. The molecule has 0 atom stereocenters. The van der Waals surface area contributed by atoms with E-state index in [4.69, 9.17) is 0 Å². The van der Waals surface area contributed by atoms with Crippen LogP contribution in [0.25, 0.3) is 0 Å². The van der Waals surface area contributed by atoms with E-state index in [0.29, 0.717) is 0 Å². The van der Waals surface area contributed by atoms with Gasteiger partial charge in [0.2, 0.25) is 0 Å². The van der Waals surface area contributed by atoms with E-state index in [1.165, 1.54) is 0 Å². The molecular weight excluding hydrogens is 138 g/mol. The summed E-state index contributed by atoms with van der Waals surface area (Å²) in [5.41, 5.74) is 2.14. The van der Waals surface area contributed by atoms with E-state index in [1.807, 2.05) is 13.1 Å². The first-order valence-electron chi connectivity index (χ1n) is 3.74. The Balaban J connectivity index is 2.83. The molecule has 0 saturated carbocycles. The van der Waals surface area contributed by atoms with E-state index in [-0.39, 0.29) is 0 Å². The SMILES string of the molecule is CCNc1ccncc1NC. The summed E-state index contributed by atoms with van der Waals surface area (Å²) in [4.78, 5) is 4.00. The molecule has 0 amide bonds. The van der Waals surface area contributed by atoms with Crippen LogP contribution in [0.4, 0.5) is 11.4 Å². The predicted molar refractivity (Wildman–Crippen MR) is 47.9 cm³/mol. The van der Waals surface area contributed by atoms with Crippen molar-refractivity contribution >= 4 is 11.4 Å². The summed E-state index contributed by atoms with van der Waals surface area (Å²) in [6.07, 6.45) is 3.58. The quantitative estimate of drug-likeness (QED) is 0.688. The Bertz CT molecular complexity index is 222. The van der Waals surface area contributed by atoms with Crippen LogP contribution in [0, 0.1) is 0 Å². The van der Waals surface area contributed by atoms with Crippen molar-refractivity contribution in [2.75, 3.05) is 24.2 Å². The Kier molecular flexibility index (Phi) is 2.72. The third-order valence-corrected chi connectivity index (χ3v) is 1.46. The summed E-state index contributed by atoms with van der Waals surface area (Å²) in [7, 11) is 1.89. The maximum Gasteiger partial charge on any atom is 0.0759 e. The molecule has 1 aromatic heterocycles. The molecule has 0 unspecified atom stereocenters. The van der Waals surface area contributed by atoms with Gasteiger partial charge in [-0.3, -0.25) is 4.98 Å². The lowest BCUT2D eigenvalue weighted by Gasteiger charge is -2.07. The Morgan fingerprint density at radius 3 is 2.91 bits per heavy atom. The van der Waals surface area contributed by atoms with Gasteiger partial charge in [0.05, 0.1) is 17.6 Å². The average molecular weight is 151 g/mol. The van der Waals surface area contributed by atoms with Gasteiger partial charge >= 0.3 is 0 Å². The first kappa shape index (κ1) is 7.85. The Labute approximate surface area is 66.8 Å². The van der Waals surface area contributed by atoms with Crippen molar-refractivity contribution in [1.29, 1.82) is 0 Å². The monoisotopic (exact) mass is 151 g/mol. The third-order valence-electron chi connectivity index (χ3n) is 1.46. The highest BCUT2D eigenvalue weighted by atomic mass is 14.9. The summed E-state index contributed by atoms with van der Waals surface area (Å²) in [5.74, 6) is 0. The van der Waals surface area contributed by atoms with Gasteiger partial charge in [0.25, 0.3) is 0 Å². The molecule has 0 bridgehead atoms. The Hall–Kier alpha value is -1.25. The minimum atomic E-state index is 0.929. The van der Waals surface area contributed by atoms with Gasteiger partial charge in [-0.2, -0.15) is 0 Å². The molecule has 0 aliphatic heterocycles. The van der Waals surface area contributed by atoms with Gasteiger partial charge in [0.1, 0.15) is 0 Å². The lowest BCUT2D eigenvalue weighted by Crippen LogP contribution is -2.01. The second kappa shape index (κ2) is 3.81. The fourth-order valence-electron chi connectivity index (χ4n) is 0.938. The second-order valence-corrected chi connectivity index (χ2v) is 2.20. The first-order valence-corrected chi connectivity index (χ1v) is 3.74. The molecule has 0 saturated heterocycles. The fraction of sp³-hybridized carbons (Fsp3) is 0.375. The summed E-state index contributed by atoms with van der Waals surface area (Å²) in [5, 5.41) is 6.28. The molecule has 11 heavy (non-hydrogen) atoms. The summed E-state index contributed by atoms with van der Waals surface area (Å²) in [6, 6.07) is 1.95. The normalized spacial score (nSPS) is 9.27. The van der Waals surface area contributed by atoms with Crippen LogP contribution in [0.1, 0.15) is 6.92 Å². The maximum absolute atomic E-state index is 4.00. The predicted octanol–water partition coefficient (Wildman–Crippen LogP) is 1.56. The minimum Gasteiger partial charge on any atom is -0.385 e. The van der Waals surface area contributed by atoms with Gasteiger partial charge in [-0.05, 0) is 13.0 Å². The van der Waals surface area contributed by atoms with Crippen molar-refractivity contribution in [1.82, 2.24) is 4.98 Å². The average Bonchev–Trinajstić information content (AvgIpc) is 2.06. The molecule has 0 aliphatic carbocycles. The van der Waals surface area contributed by atoms with Crippen LogP contribution in [0.3, 0.4) is 0 Å². The van der Waals surface area contributed by atoms with E-state index in [9.17, 15) is 0 Å². The fourth-order valence-corrected chi connectivity index (χ4v) is 0.938. The largest absolute Gasteiger partial charge is 0.385 e. The molecule has 0 aromatic carbocycles. The number of hydrogen-bond donors (Lipinski definition) is 2. The van der Waals surface area contributed by atoms with Gasteiger partial charge in [-0.1, -0.05) is 0 Å². The minimum absolute atomic E-state index is 0.929. The van der Waals surface area contributed by atoms with Crippen LogP contribution in [0.15, 0.2) is 18.5 Å². The standard InChI is InChI=1S/C8H13N3/c1-3-11-7-4-5-10-6-8(7)9-2/h4-6,9H,3H2,1-2H3,(H,10,11). The molecule has 0 spiro atoms. The van der Waals surface area contributed by atoms with Gasteiger partial charge in [0.15, 0.2) is 0 Å². The molecule has 2 N–H and O–H groups in total. The second-order valence-electron chi connectivity index (χ2n) is 2.20. The molecule has 0 aliphatic rings. The number of hydrogen-bond acceptors (Lipinski definition) is 3. The van der Waals surface area contributed by atoms with E-state index < -0.39 is 0 Å². The highest BCUT2D eigenvalue weighted by Gasteiger charge is 1.95. The molecule has 3 nitrogen and oxygen atoms in total. The van der Waals surface area contributed by atoms with Crippen molar-refractivity contribution in [2.24, 2.45) is 0 Å². The van der Waals surface area contributed by atoms with Crippen LogP contribution in [0.2, 0.25) is 0 Å². The topological polar surface area (TPSA) is 37.0 Å². The highest BCUT2D eigenvalue weighted by molar-refractivity contribution is 5.66. The zero-order valence-electron chi connectivity index (χ0n) is 6.89. The van der Waals surface area contributed by atoms with Gasteiger partial charge in [-0.15, -0.1) is 0 Å². The van der Waals surface area contributed by atoms with Gasteiger partial charge in [-0.25, -0.2) is 0 Å². The van der Waals surface area contributed by atoms with Gasteiger partial charge in [0, 0.05) is 19.8 Å². The molecule has 0 radical (unpaired) electrons. The van der Waals surface area contributed by atoms with E-state index in [2.05, 4.69) is 22.5 Å². The summed E-state index contributed by atoms with van der Waals surface area (Å²) < 4.78 is 0. The van der Waals surface area contributed by atoms with E-state index in [1.54, 1.807) is 12.4 Å². The summed E-state index contributed by atoms with van der Waals surface area (Å²) in [6.45, 7) is 3.00. The van der Waals surface area contributed by atoms with E-state index >= 15 is 0 Å². The number of aromatic nitrogens is 1. The van der Waals surface area contributed by atoms with Crippen LogP contribution in [-0.2, 0) is 0 Å². The molecular formula is C8H13N3. The third kappa shape index (κ3) is 1.83. The Morgan fingerprint density at radius 2 is 2.27 bits per heavy atom. The van der Waals surface area contributed by atoms with Crippen molar-refractivity contribution in [3.63, 3.8) is 0 Å². The van der Waals surface area contributed by atoms with Crippen LogP contribution in [-0.4, -0.2) is 18.6 Å². The smallest absolute Gasteiger partial charge is 0.0759 e. The summed E-state index contributed by atoms with van der Waals surface area (Å²) >= 11 is 0. The molecule has 60 valence electrons. The number of anilines is 2. The number of nitrogens with zero attached hydrogens (tertiary/aromatic N) is 1. The lowest BCUT2D eigenvalue weighted by molar-refractivity contribution is 1.20. The molecule has 1 rings (SSSR count). The van der Waals surface area contributed by atoms with Gasteiger partial charge < -0.3 is 10.6 Å². The number of pyridine rings is 1. The van der Waals surface area contributed by atoms with Crippen molar-refractivity contribution in [3.8, 4) is 0 Å². The Morgan fingerprint density at radius 1 is 1.45 bits per heavy atom. The van der Waals surface area contributed by atoms with Crippen molar-refractivity contribution < 1.29 is 0 Å². The van der Waals surface area contributed by atoms with Crippen LogP contribution in [0.5, 0.6) is 0 Å².